The van der Waals surface area contributed by atoms with Crippen molar-refractivity contribution in [1.29, 1.82) is 0 Å². The molecule has 102 valence electrons. The molecule has 0 spiro atoms. The monoisotopic (exact) mass is 286 g/mol. The summed E-state index contributed by atoms with van der Waals surface area (Å²) in [6, 6.07) is 5.36. The predicted octanol–water partition coefficient (Wildman–Crippen LogP) is 2.30. The van der Waals surface area contributed by atoms with Gasteiger partial charge in [-0.2, -0.15) is 0 Å². The number of hydrogen-bond acceptors (Lipinski definition) is 4. The second-order valence-corrected chi connectivity index (χ2v) is 4.89. The van der Waals surface area contributed by atoms with Crippen LogP contribution < -0.4 is 5.32 Å². The van der Waals surface area contributed by atoms with Gasteiger partial charge in [-0.05, 0) is 35.6 Å². The fourth-order valence-corrected chi connectivity index (χ4v) is 2.59. The quantitative estimate of drug-likeness (QED) is 0.851. The molecule has 20 heavy (non-hydrogen) atoms. The number of aliphatic hydroxyl groups is 1. The first-order valence-electron chi connectivity index (χ1n) is 6.18. The Morgan fingerprint density at radius 2 is 2.35 bits per heavy atom. The Balaban J connectivity index is 2.16. The first-order chi connectivity index (χ1) is 9.74. The smallest absolute Gasteiger partial charge is 0.267 e. The molecular formula is C15H14N2O2S. The second-order valence-electron chi connectivity index (χ2n) is 3.97. The van der Waals surface area contributed by atoms with Crippen LogP contribution in [-0.4, -0.2) is 22.6 Å². The van der Waals surface area contributed by atoms with Gasteiger partial charge >= 0.3 is 0 Å². The molecule has 0 atom stereocenters. The van der Waals surface area contributed by atoms with E-state index in [1.54, 1.807) is 18.3 Å². The molecule has 0 saturated carbocycles. The van der Waals surface area contributed by atoms with Gasteiger partial charge in [-0.3, -0.25) is 4.79 Å². The van der Waals surface area contributed by atoms with Crippen molar-refractivity contribution in [3.05, 3.63) is 45.8 Å². The minimum atomic E-state index is -0.195. The summed E-state index contributed by atoms with van der Waals surface area (Å²) in [5, 5.41) is 13.3. The highest BCUT2D eigenvalue weighted by Crippen LogP contribution is 2.19. The van der Waals surface area contributed by atoms with Crippen LogP contribution in [0.25, 0.3) is 0 Å². The molecule has 0 aliphatic carbocycles. The summed E-state index contributed by atoms with van der Waals surface area (Å²) >= 11 is 1.42. The van der Waals surface area contributed by atoms with Gasteiger partial charge in [-0.1, -0.05) is 18.8 Å². The third-order valence-electron chi connectivity index (χ3n) is 2.65. The number of aryl methyl sites for hydroxylation is 1. The summed E-state index contributed by atoms with van der Waals surface area (Å²) in [7, 11) is 0. The van der Waals surface area contributed by atoms with Crippen molar-refractivity contribution in [1.82, 2.24) is 4.98 Å². The molecule has 0 bridgehead atoms. The number of nitrogens with zero attached hydrogens (tertiary/aromatic N) is 1. The van der Waals surface area contributed by atoms with Crippen LogP contribution in [0.5, 0.6) is 0 Å². The number of anilines is 1. The van der Waals surface area contributed by atoms with Gasteiger partial charge in [0.05, 0.1) is 4.88 Å². The number of aromatic nitrogens is 1. The van der Waals surface area contributed by atoms with Gasteiger partial charge in [0.1, 0.15) is 12.4 Å². The van der Waals surface area contributed by atoms with E-state index >= 15 is 0 Å². The molecule has 0 unspecified atom stereocenters. The fourth-order valence-electron chi connectivity index (χ4n) is 1.70. The average molecular weight is 286 g/mol. The Morgan fingerprint density at radius 3 is 3.10 bits per heavy atom. The molecular weight excluding hydrogens is 272 g/mol. The van der Waals surface area contributed by atoms with Crippen molar-refractivity contribution in [3.8, 4) is 11.8 Å². The van der Waals surface area contributed by atoms with Gasteiger partial charge in [0, 0.05) is 11.8 Å². The Morgan fingerprint density at radius 1 is 1.50 bits per heavy atom. The van der Waals surface area contributed by atoms with Crippen LogP contribution >= 0.6 is 11.3 Å². The van der Waals surface area contributed by atoms with Crippen molar-refractivity contribution >= 4 is 23.1 Å². The average Bonchev–Trinajstić information content (AvgIpc) is 2.94. The summed E-state index contributed by atoms with van der Waals surface area (Å²) in [5.74, 6) is 5.63. The largest absolute Gasteiger partial charge is 0.384 e. The first-order valence-corrected chi connectivity index (χ1v) is 7.06. The van der Waals surface area contributed by atoms with Crippen molar-refractivity contribution in [2.45, 2.75) is 13.3 Å². The molecule has 2 N–H and O–H groups in total. The Labute approximate surface area is 121 Å². The van der Waals surface area contributed by atoms with Gasteiger partial charge in [-0.15, -0.1) is 11.3 Å². The third-order valence-corrected chi connectivity index (χ3v) is 3.60. The topological polar surface area (TPSA) is 62.2 Å². The molecule has 4 nitrogen and oxygen atoms in total. The lowest BCUT2D eigenvalue weighted by molar-refractivity contribution is 0.102. The van der Waals surface area contributed by atoms with E-state index in [1.165, 1.54) is 11.3 Å². The molecule has 0 fully saturated rings. The van der Waals surface area contributed by atoms with Crippen molar-refractivity contribution < 1.29 is 9.90 Å². The molecule has 2 aromatic heterocycles. The summed E-state index contributed by atoms with van der Waals surface area (Å²) in [6.45, 7) is 1.82. The molecule has 1 amide bonds. The zero-order valence-electron chi connectivity index (χ0n) is 11.0. The maximum absolute atomic E-state index is 12.2. The van der Waals surface area contributed by atoms with Crippen LogP contribution in [0.3, 0.4) is 0 Å². The molecule has 0 radical (unpaired) electrons. The summed E-state index contributed by atoms with van der Waals surface area (Å²) < 4.78 is 0. The van der Waals surface area contributed by atoms with Crippen LogP contribution in [0, 0.1) is 11.8 Å². The lowest BCUT2D eigenvalue weighted by Crippen LogP contribution is -2.13. The molecule has 0 saturated heterocycles. The van der Waals surface area contributed by atoms with Gasteiger partial charge in [-0.25, -0.2) is 4.98 Å². The number of carbonyl (C=O) groups excluding carboxylic acids is 1. The van der Waals surface area contributed by atoms with E-state index < -0.39 is 0 Å². The standard InChI is InChI=1S/C15H14N2O2S/c1-2-12-6-9-20-14(12)15(19)17-13-10-11(4-3-8-18)5-7-16-13/h5-7,9-10,18H,2,8H2,1H3,(H,16,17,19). The molecule has 2 heterocycles. The number of aliphatic hydroxyl groups excluding tert-OH is 1. The van der Waals surface area contributed by atoms with Crippen molar-refractivity contribution in [3.63, 3.8) is 0 Å². The zero-order chi connectivity index (χ0) is 14.4. The number of nitrogens with one attached hydrogen (secondary N) is 1. The highest BCUT2D eigenvalue weighted by atomic mass is 32.1. The molecule has 0 aliphatic rings. The molecule has 2 rings (SSSR count). The maximum atomic E-state index is 12.2. The number of amides is 1. The first kappa shape index (κ1) is 14.3. The predicted molar refractivity (Wildman–Crippen MR) is 79.9 cm³/mol. The van der Waals surface area contributed by atoms with E-state index in [2.05, 4.69) is 22.1 Å². The highest BCUT2D eigenvalue weighted by molar-refractivity contribution is 7.12. The van der Waals surface area contributed by atoms with E-state index in [1.807, 2.05) is 18.4 Å². The zero-order valence-corrected chi connectivity index (χ0v) is 11.8. The minimum Gasteiger partial charge on any atom is -0.384 e. The minimum absolute atomic E-state index is 0.156. The second kappa shape index (κ2) is 6.85. The molecule has 5 heteroatoms. The van der Waals surface area contributed by atoms with Crippen molar-refractivity contribution in [2.24, 2.45) is 0 Å². The number of pyridine rings is 1. The Hall–Kier alpha value is -2.16. The Bertz CT molecular complexity index is 668. The number of rotatable bonds is 3. The number of thiophene rings is 1. The third kappa shape index (κ3) is 3.44. The van der Waals surface area contributed by atoms with E-state index in [-0.39, 0.29) is 12.5 Å². The summed E-state index contributed by atoms with van der Waals surface area (Å²) in [6.07, 6.45) is 2.40. The summed E-state index contributed by atoms with van der Waals surface area (Å²) in [4.78, 5) is 17.0. The fraction of sp³-hybridized carbons (Fsp3) is 0.200. The van der Waals surface area contributed by atoms with Crippen LogP contribution in [0.1, 0.15) is 27.7 Å². The maximum Gasteiger partial charge on any atom is 0.267 e. The highest BCUT2D eigenvalue weighted by Gasteiger charge is 2.12. The lowest BCUT2D eigenvalue weighted by Gasteiger charge is -2.04. The lowest BCUT2D eigenvalue weighted by atomic mass is 10.2. The Kier molecular flexibility index (Phi) is 4.88. The van der Waals surface area contributed by atoms with Gasteiger partial charge in [0.15, 0.2) is 0 Å². The van der Waals surface area contributed by atoms with E-state index in [0.717, 1.165) is 12.0 Å². The van der Waals surface area contributed by atoms with Crippen molar-refractivity contribution in [2.75, 3.05) is 11.9 Å². The molecule has 0 aromatic carbocycles. The number of carbonyl (C=O) groups is 1. The van der Waals surface area contributed by atoms with Gasteiger partial charge in [0.2, 0.25) is 0 Å². The molecule has 2 aromatic rings. The van der Waals surface area contributed by atoms with Crippen LogP contribution in [0.2, 0.25) is 0 Å². The SMILES string of the molecule is CCc1ccsc1C(=O)Nc1cc(C#CCO)ccn1. The normalized spacial score (nSPS) is 9.70. The summed E-state index contributed by atoms with van der Waals surface area (Å²) in [5.41, 5.74) is 1.73. The van der Waals surface area contributed by atoms with E-state index in [9.17, 15) is 4.79 Å². The van der Waals surface area contributed by atoms with Gasteiger partial charge in [0.25, 0.3) is 5.91 Å². The van der Waals surface area contributed by atoms with Gasteiger partial charge < -0.3 is 10.4 Å². The van der Waals surface area contributed by atoms with Crippen LogP contribution in [0.4, 0.5) is 5.82 Å². The van der Waals surface area contributed by atoms with Crippen LogP contribution in [0.15, 0.2) is 29.8 Å². The number of hydrogen-bond donors (Lipinski definition) is 2. The van der Waals surface area contributed by atoms with Crippen LogP contribution in [-0.2, 0) is 6.42 Å². The molecule has 0 aliphatic heterocycles. The van der Waals surface area contributed by atoms with E-state index in [4.69, 9.17) is 5.11 Å². The van der Waals surface area contributed by atoms with E-state index in [0.29, 0.717) is 16.3 Å².